The van der Waals surface area contributed by atoms with Crippen LogP contribution in [0.2, 0.25) is 0 Å². The van der Waals surface area contributed by atoms with Gasteiger partial charge in [0.15, 0.2) is 0 Å². The van der Waals surface area contributed by atoms with E-state index in [4.69, 9.17) is 0 Å². The first kappa shape index (κ1) is 14.5. The van der Waals surface area contributed by atoms with Crippen LogP contribution in [0.4, 0.5) is 5.69 Å². The molecule has 0 amide bonds. The maximum atomic E-state index is 13.0. The average molecular weight is 319 g/mol. The lowest BCUT2D eigenvalue weighted by Crippen LogP contribution is -2.35. The minimum Gasteiger partial charge on any atom is -0.264 e. The van der Waals surface area contributed by atoms with E-state index in [1.165, 1.54) is 0 Å². The van der Waals surface area contributed by atoms with E-state index in [0.717, 1.165) is 27.5 Å². The zero-order valence-corrected chi connectivity index (χ0v) is 13.7. The number of hydrogen-bond acceptors (Lipinski definition) is 3. The van der Waals surface area contributed by atoms with Crippen molar-refractivity contribution in [2.45, 2.75) is 23.6 Å². The Kier molecular flexibility index (Phi) is 3.71. The predicted molar refractivity (Wildman–Crippen MR) is 87.6 cm³/mol. The Balaban J connectivity index is 2.14. The van der Waals surface area contributed by atoms with Crippen LogP contribution in [0.3, 0.4) is 0 Å². The Hall–Kier alpha value is -1.46. The largest absolute Gasteiger partial charge is 0.264 e. The molecule has 0 aliphatic carbocycles. The van der Waals surface area contributed by atoms with Gasteiger partial charge in [-0.15, -0.1) is 11.8 Å². The fraction of sp³-hybridized carbons (Fsp3) is 0.250. The SMILES string of the molecule is Cc1ccc(C)c(S(=O)(=O)N2CCSc3ccccc32)c1. The second-order valence-electron chi connectivity index (χ2n) is 5.16. The van der Waals surface area contributed by atoms with Crippen molar-refractivity contribution in [3.8, 4) is 0 Å². The van der Waals surface area contributed by atoms with Gasteiger partial charge in [-0.2, -0.15) is 0 Å². The molecule has 1 heterocycles. The molecule has 2 aromatic rings. The van der Waals surface area contributed by atoms with Crippen LogP contribution in [-0.2, 0) is 10.0 Å². The summed E-state index contributed by atoms with van der Waals surface area (Å²) in [4.78, 5) is 1.43. The molecule has 0 N–H and O–H groups in total. The highest BCUT2D eigenvalue weighted by molar-refractivity contribution is 8.00. The van der Waals surface area contributed by atoms with Crippen molar-refractivity contribution < 1.29 is 8.42 Å². The molecule has 0 spiro atoms. The zero-order valence-electron chi connectivity index (χ0n) is 12.0. The van der Waals surface area contributed by atoms with E-state index in [1.54, 1.807) is 22.1 Å². The topological polar surface area (TPSA) is 37.4 Å². The lowest BCUT2D eigenvalue weighted by molar-refractivity contribution is 0.590. The molecule has 110 valence electrons. The van der Waals surface area contributed by atoms with Crippen LogP contribution in [0.15, 0.2) is 52.3 Å². The van der Waals surface area contributed by atoms with Gasteiger partial charge in [0.05, 0.1) is 10.6 Å². The highest BCUT2D eigenvalue weighted by Crippen LogP contribution is 2.37. The van der Waals surface area contributed by atoms with Gasteiger partial charge in [-0.25, -0.2) is 8.42 Å². The van der Waals surface area contributed by atoms with Crippen molar-refractivity contribution in [2.24, 2.45) is 0 Å². The van der Waals surface area contributed by atoms with Crippen LogP contribution in [0, 0.1) is 13.8 Å². The minimum absolute atomic E-state index is 0.407. The molecule has 5 heteroatoms. The highest BCUT2D eigenvalue weighted by atomic mass is 32.2. The number of fused-ring (bicyclic) bond motifs is 1. The van der Waals surface area contributed by atoms with E-state index in [9.17, 15) is 8.42 Å². The fourth-order valence-electron chi connectivity index (χ4n) is 2.50. The Bertz CT molecular complexity index is 785. The van der Waals surface area contributed by atoms with Crippen molar-refractivity contribution in [3.05, 3.63) is 53.6 Å². The first-order chi connectivity index (χ1) is 10.00. The normalized spacial score (nSPS) is 14.9. The summed E-state index contributed by atoms with van der Waals surface area (Å²) in [6.45, 7) is 4.27. The molecule has 0 atom stereocenters. The van der Waals surface area contributed by atoms with Crippen LogP contribution in [0.5, 0.6) is 0 Å². The summed E-state index contributed by atoms with van der Waals surface area (Å²) < 4.78 is 27.6. The lowest BCUT2D eigenvalue weighted by atomic mass is 10.2. The molecule has 2 aromatic carbocycles. The molecule has 0 unspecified atom stereocenters. The summed E-state index contributed by atoms with van der Waals surface area (Å²) in [6, 6.07) is 13.3. The molecule has 0 aromatic heterocycles. The summed E-state index contributed by atoms with van der Waals surface area (Å²) in [5.41, 5.74) is 2.53. The van der Waals surface area contributed by atoms with E-state index in [-0.39, 0.29) is 0 Å². The van der Waals surface area contributed by atoms with Crippen molar-refractivity contribution in [1.82, 2.24) is 0 Å². The van der Waals surface area contributed by atoms with Crippen LogP contribution >= 0.6 is 11.8 Å². The van der Waals surface area contributed by atoms with Gasteiger partial charge in [-0.05, 0) is 43.2 Å². The summed E-state index contributed by atoms with van der Waals surface area (Å²) in [5.74, 6) is 0.779. The van der Waals surface area contributed by atoms with Crippen molar-refractivity contribution in [1.29, 1.82) is 0 Å². The number of para-hydroxylation sites is 1. The quantitative estimate of drug-likeness (QED) is 0.848. The lowest BCUT2D eigenvalue weighted by Gasteiger charge is -2.30. The Morgan fingerprint density at radius 1 is 1.10 bits per heavy atom. The Morgan fingerprint density at radius 2 is 1.86 bits per heavy atom. The Morgan fingerprint density at radius 3 is 2.67 bits per heavy atom. The maximum Gasteiger partial charge on any atom is 0.264 e. The maximum absolute atomic E-state index is 13.0. The van der Waals surface area contributed by atoms with Gasteiger partial charge >= 0.3 is 0 Å². The third kappa shape index (κ3) is 2.56. The summed E-state index contributed by atoms with van der Waals surface area (Å²) in [5, 5.41) is 0. The van der Waals surface area contributed by atoms with Crippen LogP contribution < -0.4 is 4.31 Å². The van der Waals surface area contributed by atoms with Gasteiger partial charge in [0, 0.05) is 17.2 Å². The smallest absolute Gasteiger partial charge is 0.264 e. The summed E-state index contributed by atoms with van der Waals surface area (Å²) in [7, 11) is -3.51. The number of thioether (sulfide) groups is 1. The van der Waals surface area contributed by atoms with E-state index in [0.29, 0.717) is 11.4 Å². The van der Waals surface area contributed by atoms with Gasteiger partial charge in [0.2, 0.25) is 0 Å². The highest BCUT2D eigenvalue weighted by Gasteiger charge is 2.30. The third-order valence-corrected chi connectivity index (χ3v) is 6.60. The number of sulfonamides is 1. The van der Waals surface area contributed by atoms with Gasteiger partial charge in [0.1, 0.15) is 0 Å². The monoisotopic (exact) mass is 319 g/mol. The number of hydrogen-bond donors (Lipinski definition) is 0. The number of benzene rings is 2. The molecule has 0 saturated carbocycles. The van der Waals surface area contributed by atoms with Gasteiger partial charge in [-0.1, -0.05) is 24.3 Å². The first-order valence-corrected chi connectivity index (χ1v) is 9.24. The molecular formula is C16H17NO2S2. The predicted octanol–water partition coefficient (Wildman–Crippen LogP) is 3.60. The van der Waals surface area contributed by atoms with Crippen molar-refractivity contribution >= 4 is 27.5 Å². The molecule has 0 radical (unpaired) electrons. The van der Waals surface area contributed by atoms with E-state index < -0.39 is 10.0 Å². The van der Waals surface area contributed by atoms with E-state index >= 15 is 0 Å². The van der Waals surface area contributed by atoms with Crippen LogP contribution in [0.25, 0.3) is 0 Å². The van der Waals surface area contributed by atoms with Crippen molar-refractivity contribution in [3.63, 3.8) is 0 Å². The van der Waals surface area contributed by atoms with Gasteiger partial charge < -0.3 is 0 Å². The molecule has 3 nitrogen and oxygen atoms in total. The fourth-order valence-corrected chi connectivity index (χ4v) is 5.46. The van der Waals surface area contributed by atoms with Crippen LogP contribution in [0.1, 0.15) is 11.1 Å². The van der Waals surface area contributed by atoms with Gasteiger partial charge in [-0.3, -0.25) is 4.31 Å². The number of aryl methyl sites for hydroxylation is 2. The molecule has 0 fully saturated rings. The standard InChI is InChI=1S/C16H17NO2S2/c1-12-7-8-13(2)16(11-12)21(18,19)17-9-10-20-15-6-4-3-5-14(15)17/h3-8,11H,9-10H2,1-2H3. The molecular weight excluding hydrogens is 302 g/mol. The number of anilines is 1. The second-order valence-corrected chi connectivity index (χ2v) is 8.13. The van der Waals surface area contributed by atoms with E-state index in [2.05, 4.69) is 0 Å². The van der Waals surface area contributed by atoms with E-state index in [1.807, 2.05) is 50.2 Å². The van der Waals surface area contributed by atoms with Gasteiger partial charge in [0.25, 0.3) is 10.0 Å². The van der Waals surface area contributed by atoms with Crippen LogP contribution in [-0.4, -0.2) is 20.7 Å². The molecule has 0 saturated heterocycles. The molecule has 21 heavy (non-hydrogen) atoms. The average Bonchev–Trinajstić information content (AvgIpc) is 2.49. The minimum atomic E-state index is -3.51. The summed E-state index contributed by atoms with van der Waals surface area (Å²) >= 11 is 1.70. The second kappa shape index (κ2) is 5.39. The molecule has 3 rings (SSSR count). The number of nitrogens with zero attached hydrogens (tertiary/aromatic N) is 1. The molecule has 0 bridgehead atoms. The Labute approximate surface area is 130 Å². The molecule has 1 aliphatic heterocycles. The summed E-state index contributed by atoms with van der Waals surface area (Å²) in [6.07, 6.45) is 0. The number of rotatable bonds is 2. The first-order valence-electron chi connectivity index (χ1n) is 6.82. The zero-order chi connectivity index (χ0) is 15.0. The molecule has 1 aliphatic rings. The third-order valence-electron chi connectivity index (χ3n) is 3.60. The van der Waals surface area contributed by atoms with Crippen molar-refractivity contribution in [2.75, 3.05) is 16.6 Å².